The van der Waals surface area contributed by atoms with Gasteiger partial charge in [0, 0.05) is 17.9 Å². The van der Waals surface area contributed by atoms with E-state index < -0.39 is 0 Å². The molecule has 4 nitrogen and oxygen atoms in total. The average molecular weight is 402 g/mol. The molecule has 2 aromatic rings. The van der Waals surface area contributed by atoms with Crippen molar-refractivity contribution in [1.29, 1.82) is 0 Å². The van der Waals surface area contributed by atoms with Crippen molar-refractivity contribution < 1.29 is 0 Å². The van der Waals surface area contributed by atoms with Gasteiger partial charge in [-0.2, -0.15) is 5.10 Å². The Balaban J connectivity index is 2.26. The van der Waals surface area contributed by atoms with Gasteiger partial charge in [0.2, 0.25) is 0 Å². The molecule has 1 atom stereocenters. The molecule has 1 aromatic heterocycles. The summed E-state index contributed by atoms with van der Waals surface area (Å²) < 4.78 is 4.07. The van der Waals surface area contributed by atoms with Crippen LogP contribution in [0.2, 0.25) is 0 Å². The van der Waals surface area contributed by atoms with E-state index in [4.69, 9.17) is 5.84 Å². The number of halogens is 2. The van der Waals surface area contributed by atoms with Crippen LogP contribution in [0.25, 0.3) is 0 Å². The molecule has 1 aromatic carbocycles. The molecule has 1 heterocycles. The summed E-state index contributed by atoms with van der Waals surface area (Å²) in [5.74, 6) is 5.72. The third-order valence-electron chi connectivity index (χ3n) is 3.37. The Kier molecular flexibility index (Phi) is 5.37. The van der Waals surface area contributed by atoms with Gasteiger partial charge in [-0.15, -0.1) is 0 Å². The third-order valence-corrected chi connectivity index (χ3v) is 4.82. The third kappa shape index (κ3) is 3.31. The zero-order chi connectivity index (χ0) is 14.7. The molecule has 0 spiro atoms. The second kappa shape index (κ2) is 6.85. The van der Waals surface area contributed by atoms with Crippen LogP contribution < -0.4 is 11.3 Å². The first kappa shape index (κ1) is 15.7. The summed E-state index contributed by atoms with van der Waals surface area (Å²) in [6.07, 6.45) is 1.69. The van der Waals surface area contributed by atoms with Crippen LogP contribution >= 0.6 is 31.9 Å². The lowest BCUT2D eigenvalue weighted by Crippen LogP contribution is -2.30. The summed E-state index contributed by atoms with van der Waals surface area (Å²) in [5, 5.41) is 4.52. The second-order valence-corrected chi connectivity index (χ2v) is 6.37. The van der Waals surface area contributed by atoms with Crippen molar-refractivity contribution in [3.05, 3.63) is 50.2 Å². The maximum atomic E-state index is 5.72. The SMILES string of the molecule is CCc1nn(C)c(CC(NN)c2ccc(Br)cc2)c1Br. The molecule has 0 saturated heterocycles. The fourth-order valence-corrected chi connectivity index (χ4v) is 3.25. The normalized spacial score (nSPS) is 12.7. The van der Waals surface area contributed by atoms with E-state index in [0.29, 0.717) is 0 Å². The summed E-state index contributed by atoms with van der Waals surface area (Å²) in [7, 11) is 1.97. The highest BCUT2D eigenvalue weighted by molar-refractivity contribution is 9.10. The molecule has 0 amide bonds. The highest BCUT2D eigenvalue weighted by atomic mass is 79.9. The smallest absolute Gasteiger partial charge is 0.0766 e. The second-order valence-electron chi connectivity index (χ2n) is 4.66. The van der Waals surface area contributed by atoms with Crippen LogP contribution in [-0.4, -0.2) is 9.78 Å². The van der Waals surface area contributed by atoms with Gasteiger partial charge in [0.15, 0.2) is 0 Å². The Morgan fingerprint density at radius 2 is 1.95 bits per heavy atom. The van der Waals surface area contributed by atoms with E-state index in [1.165, 1.54) is 0 Å². The van der Waals surface area contributed by atoms with Crippen molar-refractivity contribution in [3.8, 4) is 0 Å². The van der Waals surface area contributed by atoms with Crippen molar-refractivity contribution >= 4 is 31.9 Å². The van der Waals surface area contributed by atoms with Crippen LogP contribution in [0.1, 0.15) is 29.9 Å². The predicted molar refractivity (Wildman–Crippen MR) is 88.2 cm³/mol. The maximum absolute atomic E-state index is 5.72. The first-order valence-corrected chi connectivity index (χ1v) is 8.07. The van der Waals surface area contributed by atoms with Crippen LogP contribution in [0.3, 0.4) is 0 Å². The Morgan fingerprint density at radius 1 is 1.30 bits per heavy atom. The van der Waals surface area contributed by atoms with E-state index in [-0.39, 0.29) is 6.04 Å². The first-order chi connectivity index (χ1) is 9.56. The minimum absolute atomic E-state index is 0.0551. The van der Waals surface area contributed by atoms with E-state index >= 15 is 0 Å². The number of hydrogen-bond donors (Lipinski definition) is 2. The quantitative estimate of drug-likeness (QED) is 0.597. The van der Waals surface area contributed by atoms with Gasteiger partial charge in [-0.3, -0.25) is 16.0 Å². The summed E-state index contributed by atoms with van der Waals surface area (Å²) in [6.45, 7) is 2.10. The lowest BCUT2D eigenvalue weighted by Gasteiger charge is -2.17. The molecular weight excluding hydrogens is 384 g/mol. The number of nitrogens with zero attached hydrogens (tertiary/aromatic N) is 2. The molecule has 108 valence electrons. The van der Waals surface area contributed by atoms with Gasteiger partial charge >= 0.3 is 0 Å². The van der Waals surface area contributed by atoms with Crippen LogP contribution in [0.4, 0.5) is 0 Å². The van der Waals surface area contributed by atoms with Gasteiger partial charge in [-0.1, -0.05) is 35.0 Å². The zero-order valence-electron chi connectivity index (χ0n) is 11.5. The molecule has 0 fully saturated rings. The van der Waals surface area contributed by atoms with Crippen LogP contribution in [0.5, 0.6) is 0 Å². The van der Waals surface area contributed by atoms with E-state index in [9.17, 15) is 0 Å². The Morgan fingerprint density at radius 3 is 2.45 bits per heavy atom. The number of benzene rings is 1. The summed E-state index contributed by atoms with van der Waals surface area (Å²) in [5.41, 5.74) is 6.27. The van der Waals surface area contributed by atoms with Gasteiger partial charge in [0.05, 0.1) is 21.9 Å². The predicted octanol–water partition coefficient (Wildman–Crippen LogP) is 3.25. The van der Waals surface area contributed by atoms with E-state index in [2.05, 4.69) is 61.4 Å². The van der Waals surface area contributed by atoms with Gasteiger partial charge in [-0.05, 0) is 40.0 Å². The van der Waals surface area contributed by atoms with Gasteiger partial charge in [0.25, 0.3) is 0 Å². The van der Waals surface area contributed by atoms with Crippen molar-refractivity contribution in [3.63, 3.8) is 0 Å². The van der Waals surface area contributed by atoms with Crippen LogP contribution in [0.15, 0.2) is 33.2 Å². The number of aromatic nitrogens is 2. The number of nitrogens with one attached hydrogen (secondary N) is 1. The fourth-order valence-electron chi connectivity index (χ4n) is 2.20. The summed E-state index contributed by atoms with van der Waals surface area (Å²) >= 11 is 7.09. The monoisotopic (exact) mass is 400 g/mol. The number of hydrogen-bond acceptors (Lipinski definition) is 3. The van der Waals surface area contributed by atoms with Crippen LogP contribution in [0, 0.1) is 0 Å². The largest absolute Gasteiger partial charge is 0.271 e. The lowest BCUT2D eigenvalue weighted by atomic mass is 10.0. The van der Waals surface area contributed by atoms with Crippen molar-refractivity contribution in [2.24, 2.45) is 12.9 Å². The molecule has 0 aliphatic rings. The number of rotatable bonds is 5. The number of aryl methyl sites for hydroxylation is 2. The molecular formula is C14H18Br2N4. The van der Waals surface area contributed by atoms with E-state index in [1.54, 1.807) is 0 Å². The maximum Gasteiger partial charge on any atom is 0.0766 e. The van der Waals surface area contributed by atoms with E-state index in [0.717, 1.165) is 38.7 Å². The average Bonchev–Trinajstić information content (AvgIpc) is 2.72. The fraction of sp³-hybridized carbons (Fsp3) is 0.357. The van der Waals surface area contributed by atoms with Crippen molar-refractivity contribution in [1.82, 2.24) is 15.2 Å². The summed E-state index contributed by atoms with van der Waals surface area (Å²) in [4.78, 5) is 0. The molecule has 0 aliphatic carbocycles. The highest BCUT2D eigenvalue weighted by Crippen LogP contribution is 2.27. The molecule has 3 N–H and O–H groups in total. The van der Waals surface area contributed by atoms with Gasteiger partial charge in [-0.25, -0.2) is 0 Å². The lowest BCUT2D eigenvalue weighted by molar-refractivity contribution is 0.529. The van der Waals surface area contributed by atoms with Gasteiger partial charge < -0.3 is 0 Å². The molecule has 1 unspecified atom stereocenters. The zero-order valence-corrected chi connectivity index (χ0v) is 14.7. The molecule has 20 heavy (non-hydrogen) atoms. The van der Waals surface area contributed by atoms with Crippen LogP contribution in [-0.2, 0) is 19.9 Å². The highest BCUT2D eigenvalue weighted by Gasteiger charge is 2.18. The van der Waals surface area contributed by atoms with Gasteiger partial charge in [0.1, 0.15) is 0 Å². The molecule has 0 saturated carbocycles. The number of hydrazine groups is 1. The minimum Gasteiger partial charge on any atom is -0.271 e. The molecule has 0 aliphatic heterocycles. The topological polar surface area (TPSA) is 55.9 Å². The Labute approximate surface area is 136 Å². The van der Waals surface area contributed by atoms with E-state index in [1.807, 2.05) is 23.9 Å². The Bertz CT molecular complexity index is 578. The molecule has 2 rings (SSSR count). The summed E-state index contributed by atoms with van der Waals surface area (Å²) in [6, 6.07) is 8.24. The molecule has 0 bridgehead atoms. The van der Waals surface area contributed by atoms with Crippen molar-refractivity contribution in [2.75, 3.05) is 0 Å². The number of nitrogens with two attached hydrogens (primary N) is 1. The molecule has 6 heteroatoms. The molecule has 0 radical (unpaired) electrons. The minimum atomic E-state index is 0.0551. The first-order valence-electron chi connectivity index (χ1n) is 6.48. The Hall–Kier alpha value is -0.690. The van der Waals surface area contributed by atoms with Crippen molar-refractivity contribution in [2.45, 2.75) is 25.8 Å². The standard InChI is InChI=1S/C14H18Br2N4/c1-3-11-14(16)13(20(2)19-11)8-12(18-17)9-4-6-10(15)7-5-9/h4-7,12,18H,3,8,17H2,1-2H3.